The number of carbonyl (C=O) groups is 1. The van der Waals surface area contributed by atoms with E-state index in [9.17, 15) is 38.2 Å². The van der Waals surface area contributed by atoms with Crippen LogP contribution in [0.1, 0.15) is 239 Å². The van der Waals surface area contributed by atoms with Crippen LogP contribution >= 0.6 is 0 Å². The van der Waals surface area contributed by atoms with Crippen LogP contribution in [0.15, 0.2) is 24.3 Å². The number of aliphatic hydroxyl groups is 4. The molecule has 1 aliphatic heterocycles. The van der Waals surface area contributed by atoms with Gasteiger partial charge in [-0.2, -0.15) is 8.42 Å². The topological polar surface area (TPSA) is 192 Å². The molecule has 1 amide bonds. The summed E-state index contributed by atoms with van der Waals surface area (Å²) < 4.78 is 47.6. The molecule has 0 spiro atoms. The number of hydrogen-bond donors (Lipinski definition) is 6. The second-order valence-electron chi connectivity index (χ2n) is 18.5. The first-order valence-electron chi connectivity index (χ1n) is 26.2. The quantitative estimate of drug-likeness (QED) is 0.0193. The van der Waals surface area contributed by atoms with Gasteiger partial charge in [0.2, 0.25) is 5.91 Å². The Labute approximate surface area is 391 Å². The van der Waals surface area contributed by atoms with Crippen molar-refractivity contribution in [2.75, 3.05) is 13.2 Å². The summed E-state index contributed by atoms with van der Waals surface area (Å²) in [4.78, 5) is 13.1. The van der Waals surface area contributed by atoms with Crippen LogP contribution in [0, 0.1) is 0 Å². The minimum Gasteiger partial charge on any atom is -0.394 e. The first-order chi connectivity index (χ1) is 31.0. The molecule has 1 rings (SSSR count). The third-order valence-corrected chi connectivity index (χ3v) is 12.9. The molecule has 0 aromatic heterocycles. The van der Waals surface area contributed by atoms with Gasteiger partial charge in [0.25, 0.3) is 0 Å². The van der Waals surface area contributed by atoms with Crippen LogP contribution in [0.2, 0.25) is 0 Å². The van der Waals surface area contributed by atoms with Crippen molar-refractivity contribution >= 4 is 16.3 Å². The van der Waals surface area contributed by atoms with Gasteiger partial charge >= 0.3 is 10.4 Å². The zero-order chi connectivity index (χ0) is 46.9. The van der Waals surface area contributed by atoms with Gasteiger partial charge < -0.3 is 35.2 Å². The smallest absolute Gasteiger partial charge is 0.394 e. The van der Waals surface area contributed by atoms with Gasteiger partial charge in [-0.25, -0.2) is 4.18 Å². The number of rotatable bonds is 45. The summed E-state index contributed by atoms with van der Waals surface area (Å²) in [7, 11) is -5.08. The Hall–Kier alpha value is -1.42. The highest BCUT2D eigenvalue weighted by atomic mass is 32.3. The normalized spacial score (nSPS) is 20.4. The van der Waals surface area contributed by atoms with Crippen molar-refractivity contribution in [2.24, 2.45) is 0 Å². The molecule has 6 N–H and O–H groups in total. The number of carbonyl (C=O) groups excluding carboxylic acids is 1. The van der Waals surface area contributed by atoms with Gasteiger partial charge in [0.15, 0.2) is 6.29 Å². The van der Waals surface area contributed by atoms with Crippen LogP contribution in [0.5, 0.6) is 0 Å². The molecule has 7 atom stereocenters. The molecule has 0 aromatic rings. The molecule has 0 radical (unpaired) electrons. The molecule has 378 valence electrons. The lowest BCUT2D eigenvalue weighted by molar-refractivity contribution is -0.298. The van der Waals surface area contributed by atoms with Gasteiger partial charge in [-0.15, -0.1) is 0 Å². The molecular weight excluding hydrogens is 835 g/mol. The maximum atomic E-state index is 13.1. The van der Waals surface area contributed by atoms with Crippen molar-refractivity contribution in [3.05, 3.63) is 24.3 Å². The Kier molecular flexibility index (Phi) is 39.5. The summed E-state index contributed by atoms with van der Waals surface area (Å²) in [6.07, 6.45) is 40.9. The predicted octanol–water partition coefficient (Wildman–Crippen LogP) is 11.3. The highest BCUT2D eigenvalue weighted by Gasteiger charge is 2.48. The summed E-state index contributed by atoms with van der Waals surface area (Å²) in [6.45, 7) is 3.38. The fraction of sp³-hybridized carbons (Fsp3) is 0.902. The molecule has 0 aromatic carbocycles. The lowest BCUT2D eigenvalue weighted by atomic mass is 9.99. The van der Waals surface area contributed by atoms with Crippen molar-refractivity contribution in [2.45, 2.75) is 281 Å². The van der Waals surface area contributed by atoms with E-state index in [4.69, 9.17) is 9.47 Å². The molecule has 12 nitrogen and oxygen atoms in total. The van der Waals surface area contributed by atoms with Gasteiger partial charge in [0, 0.05) is 6.42 Å². The molecule has 64 heavy (non-hydrogen) atoms. The maximum absolute atomic E-state index is 13.1. The van der Waals surface area contributed by atoms with Crippen LogP contribution in [-0.4, -0.2) is 95.4 Å². The summed E-state index contributed by atoms with van der Waals surface area (Å²) in [5.41, 5.74) is 0. The van der Waals surface area contributed by atoms with Gasteiger partial charge in [0.1, 0.15) is 24.4 Å². The number of hydrogen-bond acceptors (Lipinski definition) is 10. The fourth-order valence-corrected chi connectivity index (χ4v) is 8.90. The zero-order valence-electron chi connectivity index (χ0n) is 40.6. The van der Waals surface area contributed by atoms with Crippen molar-refractivity contribution in [3.63, 3.8) is 0 Å². The molecule has 1 saturated heterocycles. The molecular formula is C51H97NO11S. The molecule has 7 unspecified atom stereocenters. The number of nitrogens with one attached hydrogen (secondary N) is 1. The summed E-state index contributed by atoms with van der Waals surface area (Å²) >= 11 is 0. The molecule has 0 aliphatic carbocycles. The van der Waals surface area contributed by atoms with E-state index in [2.05, 4.69) is 35.5 Å². The van der Waals surface area contributed by atoms with E-state index in [-0.39, 0.29) is 18.9 Å². The zero-order valence-corrected chi connectivity index (χ0v) is 41.4. The summed E-state index contributed by atoms with van der Waals surface area (Å²) in [6, 6.07) is -0.942. The number of ether oxygens (including phenoxy) is 2. The maximum Gasteiger partial charge on any atom is 0.397 e. The average molecular weight is 932 g/mol. The molecule has 0 bridgehead atoms. The lowest BCUT2D eigenvalue weighted by Gasteiger charge is -2.41. The molecule has 13 heteroatoms. The van der Waals surface area contributed by atoms with Crippen LogP contribution < -0.4 is 5.32 Å². The average Bonchev–Trinajstić information content (AvgIpc) is 3.27. The molecule has 0 saturated carbocycles. The van der Waals surface area contributed by atoms with Gasteiger partial charge in [-0.05, 0) is 44.9 Å². The molecule has 1 heterocycles. The standard InChI is InChI=1S/C51H97NO11S/c1-3-5-7-9-11-13-15-16-17-18-19-20-21-22-23-24-25-26-27-28-29-31-33-35-37-39-41-47(55)52-44(45(54)40-38-36-34-32-30-14-12-10-8-6-4-2)43-61-51-49(57)50(63-64(58,59)60)48(56)46(42-53)62-51/h22-23,38,40,44-46,48-51,53-54,56-57H,3-21,24-37,39,41-43H2,1-2H3,(H,52,55)(H,58,59,60)/b23-22-,40-38+. The van der Waals surface area contributed by atoms with Crippen molar-refractivity contribution in [1.82, 2.24) is 5.32 Å². The van der Waals surface area contributed by atoms with E-state index in [0.29, 0.717) is 6.42 Å². The summed E-state index contributed by atoms with van der Waals surface area (Å²) in [5, 5.41) is 44.7. The first-order valence-corrected chi connectivity index (χ1v) is 27.6. The number of unbranched alkanes of at least 4 members (excludes halogenated alkanes) is 31. The van der Waals surface area contributed by atoms with Crippen molar-refractivity contribution in [3.8, 4) is 0 Å². The monoisotopic (exact) mass is 932 g/mol. The SMILES string of the molecule is CCCCCCCCCCC/C=C/C(O)C(COC1OC(CO)C(O)C(OS(=O)(=O)O)C1O)NC(=O)CCCCCCCCCCCC/C=C\CCCCCCCCCCCCCC. The predicted molar refractivity (Wildman–Crippen MR) is 259 cm³/mol. The Bertz CT molecular complexity index is 1230. The van der Waals surface area contributed by atoms with Gasteiger partial charge in [-0.3, -0.25) is 9.35 Å². The minimum atomic E-state index is -5.08. The molecule has 1 aliphatic rings. The van der Waals surface area contributed by atoms with E-state index in [1.807, 2.05) is 6.08 Å². The Balaban J connectivity index is 2.33. The lowest BCUT2D eigenvalue weighted by Crippen LogP contribution is -2.61. The second kappa shape index (κ2) is 41.7. The largest absolute Gasteiger partial charge is 0.397 e. The third kappa shape index (κ3) is 34.0. The number of amides is 1. The summed E-state index contributed by atoms with van der Waals surface area (Å²) in [5.74, 6) is -0.263. The number of allylic oxidation sites excluding steroid dienone is 3. The van der Waals surface area contributed by atoms with E-state index >= 15 is 0 Å². The van der Waals surface area contributed by atoms with Crippen molar-refractivity contribution < 1.29 is 51.8 Å². The van der Waals surface area contributed by atoms with Gasteiger partial charge in [-0.1, -0.05) is 212 Å². The Morgan fingerprint density at radius 3 is 1.41 bits per heavy atom. The van der Waals surface area contributed by atoms with Crippen molar-refractivity contribution in [1.29, 1.82) is 0 Å². The molecule has 1 fully saturated rings. The fourth-order valence-electron chi connectivity index (χ4n) is 8.39. The van der Waals surface area contributed by atoms with E-state index < -0.39 is 59.9 Å². The van der Waals surface area contributed by atoms with Crippen LogP contribution in [0.3, 0.4) is 0 Å². The highest BCUT2D eigenvalue weighted by Crippen LogP contribution is 2.26. The van der Waals surface area contributed by atoms with E-state index in [0.717, 1.165) is 38.5 Å². The van der Waals surface area contributed by atoms with E-state index in [1.165, 1.54) is 173 Å². The minimum absolute atomic E-state index is 0.263. The number of aliphatic hydroxyl groups excluding tert-OH is 4. The van der Waals surface area contributed by atoms with Crippen LogP contribution in [0.25, 0.3) is 0 Å². The van der Waals surface area contributed by atoms with Crippen LogP contribution in [-0.2, 0) is 28.9 Å². The van der Waals surface area contributed by atoms with Crippen LogP contribution in [0.4, 0.5) is 0 Å². The Morgan fingerprint density at radius 1 is 0.609 bits per heavy atom. The second-order valence-corrected chi connectivity index (χ2v) is 19.5. The Morgan fingerprint density at radius 2 is 1.00 bits per heavy atom. The van der Waals surface area contributed by atoms with E-state index in [1.54, 1.807) is 6.08 Å². The van der Waals surface area contributed by atoms with Gasteiger partial charge in [0.05, 0.1) is 25.4 Å². The first kappa shape index (κ1) is 60.6. The third-order valence-electron chi connectivity index (χ3n) is 12.5. The highest BCUT2D eigenvalue weighted by molar-refractivity contribution is 7.80.